The number of hydrogen-bond donors (Lipinski definition) is 0. The Kier molecular flexibility index (Phi) is 3.14. The molecule has 1 amide bonds. The van der Waals surface area contributed by atoms with Gasteiger partial charge in [0, 0.05) is 18.7 Å². The smallest absolute Gasteiger partial charge is 0.228 e. The fourth-order valence-corrected chi connectivity index (χ4v) is 2.29. The van der Waals surface area contributed by atoms with Crippen molar-refractivity contribution in [3.05, 3.63) is 29.3 Å². The summed E-state index contributed by atoms with van der Waals surface area (Å²) >= 11 is 0. The Bertz CT molecular complexity index is 487. The normalized spacial score (nSPS) is 19.5. The fraction of sp³-hybridized carbons (Fsp3) is 0.429. The van der Waals surface area contributed by atoms with Gasteiger partial charge in [-0.1, -0.05) is 13.0 Å². The van der Waals surface area contributed by atoms with E-state index in [1.807, 2.05) is 12.1 Å². The van der Waals surface area contributed by atoms with Crippen LogP contribution in [0.25, 0.3) is 0 Å². The summed E-state index contributed by atoms with van der Waals surface area (Å²) in [6.45, 7) is 4.71. The molecular weight excluding hydrogens is 212 g/mol. The summed E-state index contributed by atoms with van der Waals surface area (Å²) in [5.41, 5.74) is 3.43. The molecule has 1 aliphatic rings. The Morgan fingerprint density at radius 2 is 2.29 bits per heavy atom. The first kappa shape index (κ1) is 11.7. The maximum absolute atomic E-state index is 11.8. The predicted octanol–water partition coefficient (Wildman–Crippen LogP) is 2.43. The molecule has 1 saturated heterocycles. The van der Waals surface area contributed by atoms with Crippen LogP contribution in [0.4, 0.5) is 5.69 Å². The Labute approximate surface area is 102 Å². The van der Waals surface area contributed by atoms with Crippen LogP contribution >= 0.6 is 0 Å². The average molecular weight is 228 g/mol. The van der Waals surface area contributed by atoms with Gasteiger partial charge in [-0.05, 0) is 36.6 Å². The van der Waals surface area contributed by atoms with Crippen molar-refractivity contribution in [3.63, 3.8) is 0 Å². The fourth-order valence-electron chi connectivity index (χ4n) is 2.29. The van der Waals surface area contributed by atoms with Crippen LogP contribution in [0.3, 0.4) is 0 Å². The molecule has 88 valence electrons. The summed E-state index contributed by atoms with van der Waals surface area (Å²) in [5.74, 6) is -0.103. The van der Waals surface area contributed by atoms with E-state index in [2.05, 4.69) is 26.0 Å². The van der Waals surface area contributed by atoms with Crippen LogP contribution in [0, 0.1) is 24.2 Å². The summed E-state index contributed by atoms with van der Waals surface area (Å²) in [4.78, 5) is 13.5. The molecule has 1 aromatic rings. The van der Waals surface area contributed by atoms with Gasteiger partial charge in [-0.2, -0.15) is 5.26 Å². The predicted molar refractivity (Wildman–Crippen MR) is 66.6 cm³/mol. The van der Waals surface area contributed by atoms with Gasteiger partial charge in [0.15, 0.2) is 0 Å². The van der Waals surface area contributed by atoms with Gasteiger partial charge in [-0.25, -0.2) is 0 Å². The van der Waals surface area contributed by atoms with Crippen LogP contribution in [0.1, 0.15) is 24.5 Å². The zero-order chi connectivity index (χ0) is 12.4. The van der Waals surface area contributed by atoms with Crippen LogP contribution in [-0.4, -0.2) is 12.5 Å². The van der Waals surface area contributed by atoms with E-state index in [1.54, 1.807) is 4.90 Å². The third-order valence-electron chi connectivity index (χ3n) is 3.33. The Hall–Kier alpha value is -1.82. The second-order valence-corrected chi connectivity index (χ2v) is 4.50. The van der Waals surface area contributed by atoms with Crippen LogP contribution in [0.5, 0.6) is 0 Å². The van der Waals surface area contributed by atoms with E-state index in [4.69, 9.17) is 5.26 Å². The lowest BCUT2D eigenvalue weighted by molar-refractivity contribution is -0.117. The molecule has 1 fully saturated rings. The van der Waals surface area contributed by atoms with Crippen molar-refractivity contribution in [3.8, 4) is 6.07 Å². The molecular formula is C14H16N2O. The van der Waals surface area contributed by atoms with Gasteiger partial charge in [-0.3, -0.25) is 4.79 Å². The number of nitriles is 1. The first-order valence-corrected chi connectivity index (χ1v) is 5.95. The Balaban J connectivity index is 2.27. The van der Waals surface area contributed by atoms with Crippen molar-refractivity contribution in [2.45, 2.75) is 26.7 Å². The maximum Gasteiger partial charge on any atom is 0.228 e. The Morgan fingerprint density at radius 3 is 2.82 bits per heavy atom. The van der Waals surface area contributed by atoms with Gasteiger partial charge in [0.25, 0.3) is 0 Å². The monoisotopic (exact) mass is 228 g/mol. The summed E-state index contributed by atoms with van der Waals surface area (Å²) in [7, 11) is 0. The van der Waals surface area contributed by atoms with E-state index in [0.717, 1.165) is 12.1 Å². The highest BCUT2D eigenvalue weighted by atomic mass is 16.2. The molecule has 1 heterocycles. The molecule has 0 spiro atoms. The van der Waals surface area contributed by atoms with Crippen molar-refractivity contribution in [1.82, 2.24) is 0 Å². The van der Waals surface area contributed by atoms with Gasteiger partial charge >= 0.3 is 0 Å². The number of anilines is 1. The number of carbonyl (C=O) groups excluding carboxylic acids is 1. The summed E-state index contributed by atoms with van der Waals surface area (Å²) < 4.78 is 0. The maximum atomic E-state index is 11.8. The van der Waals surface area contributed by atoms with Gasteiger partial charge in [0.2, 0.25) is 5.91 Å². The van der Waals surface area contributed by atoms with E-state index in [1.165, 1.54) is 11.1 Å². The SMILES string of the molecule is CCc1ccc(N2CC(C#N)CC2=O)cc1C. The van der Waals surface area contributed by atoms with E-state index >= 15 is 0 Å². The minimum Gasteiger partial charge on any atom is -0.311 e. The summed E-state index contributed by atoms with van der Waals surface area (Å²) in [5, 5.41) is 8.86. The first-order chi connectivity index (χ1) is 8.15. The highest BCUT2D eigenvalue weighted by molar-refractivity contribution is 5.96. The van der Waals surface area contributed by atoms with E-state index in [0.29, 0.717) is 13.0 Å². The van der Waals surface area contributed by atoms with Crippen molar-refractivity contribution in [2.75, 3.05) is 11.4 Å². The minimum absolute atomic E-state index is 0.0557. The lowest BCUT2D eigenvalue weighted by Gasteiger charge is -2.17. The van der Waals surface area contributed by atoms with Crippen molar-refractivity contribution in [2.24, 2.45) is 5.92 Å². The molecule has 1 atom stereocenters. The second kappa shape index (κ2) is 4.58. The molecule has 0 N–H and O–H groups in total. The van der Waals surface area contributed by atoms with Gasteiger partial charge in [0.1, 0.15) is 0 Å². The number of aryl methyl sites for hydroxylation is 2. The lowest BCUT2D eigenvalue weighted by atomic mass is 10.1. The quantitative estimate of drug-likeness (QED) is 0.780. The molecule has 1 aliphatic heterocycles. The molecule has 0 aliphatic carbocycles. The van der Waals surface area contributed by atoms with Crippen LogP contribution in [-0.2, 0) is 11.2 Å². The molecule has 0 radical (unpaired) electrons. The second-order valence-electron chi connectivity index (χ2n) is 4.50. The molecule has 2 rings (SSSR count). The molecule has 1 aromatic carbocycles. The molecule has 1 unspecified atom stereocenters. The molecule has 0 saturated carbocycles. The minimum atomic E-state index is -0.159. The highest BCUT2D eigenvalue weighted by Crippen LogP contribution is 2.26. The largest absolute Gasteiger partial charge is 0.311 e. The zero-order valence-electron chi connectivity index (χ0n) is 10.2. The van der Waals surface area contributed by atoms with Crippen LogP contribution in [0.2, 0.25) is 0 Å². The standard InChI is InChI=1S/C14H16N2O/c1-3-12-4-5-13(6-10(12)2)16-9-11(8-15)7-14(16)17/h4-6,11H,3,7,9H2,1-2H3. The topological polar surface area (TPSA) is 44.1 Å². The molecule has 0 bridgehead atoms. The third kappa shape index (κ3) is 2.16. The van der Waals surface area contributed by atoms with Crippen LogP contribution < -0.4 is 4.90 Å². The van der Waals surface area contributed by atoms with Crippen LogP contribution in [0.15, 0.2) is 18.2 Å². The highest BCUT2D eigenvalue weighted by Gasteiger charge is 2.30. The van der Waals surface area contributed by atoms with Crippen molar-refractivity contribution < 1.29 is 4.79 Å². The molecule has 3 heteroatoms. The van der Waals surface area contributed by atoms with E-state index < -0.39 is 0 Å². The van der Waals surface area contributed by atoms with Crippen molar-refractivity contribution in [1.29, 1.82) is 5.26 Å². The Morgan fingerprint density at radius 1 is 1.53 bits per heavy atom. The van der Waals surface area contributed by atoms with E-state index in [9.17, 15) is 4.79 Å². The number of amides is 1. The number of nitrogens with zero attached hydrogens (tertiary/aromatic N) is 2. The summed E-state index contributed by atoms with van der Waals surface area (Å²) in [6, 6.07) is 8.25. The number of carbonyl (C=O) groups is 1. The number of hydrogen-bond acceptors (Lipinski definition) is 2. The number of rotatable bonds is 2. The van der Waals surface area contributed by atoms with Gasteiger partial charge in [-0.15, -0.1) is 0 Å². The summed E-state index contributed by atoms with van der Waals surface area (Å²) in [6.07, 6.45) is 1.35. The molecule has 3 nitrogen and oxygen atoms in total. The molecule has 17 heavy (non-hydrogen) atoms. The number of benzene rings is 1. The van der Waals surface area contributed by atoms with Gasteiger partial charge < -0.3 is 4.90 Å². The lowest BCUT2D eigenvalue weighted by Crippen LogP contribution is -2.24. The average Bonchev–Trinajstić information content (AvgIpc) is 2.70. The zero-order valence-corrected chi connectivity index (χ0v) is 10.2. The van der Waals surface area contributed by atoms with Gasteiger partial charge in [0.05, 0.1) is 12.0 Å². The molecule has 0 aromatic heterocycles. The van der Waals surface area contributed by atoms with E-state index in [-0.39, 0.29) is 11.8 Å². The third-order valence-corrected chi connectivity index (χ3v) is 3.33. The van der Waals surface area contributed by atoms with Crippen molar-refractivity contribution >= 4 is 11.6 Å². The first-order valence-electron chi connectivity index (χ1n) is 5.95.